The zero-order chi connectivity index (χ0) is 12.3. The number of rotatable bonds is 4. The van der Waals surface area contributed by atoms with Gasteiger partial charge in [0, 0.05) is 11.6 Å². The Hall–Kier alpha value is 0.657. The highest BCUT2D eigenvalue weighted by molar-refractivity contribution is 9.09. The zero-order valence-corrected chi connectivity index (χ0v) is 14.0. The van der Waals surface area contributed by atoms with Crippen LogP contribution in [0.1, 0.15) is 54.9 Å². The summed E-state index contributed by atoms with van der Waals surface area (Å²) in [4.78, 5) is 1.02. The Morgan fingerprint density at radius 3 is 1.60 bits per heavy atom. The molecule has 0 bridgehead atoms. The molecule has 0 amide bonds. The highest BCUT2D eigenvalue weighted by atomic mass is 79.9. The van der Waals surface area contributed by atoms with Gasteiger partial charge in [0.15, 0.2) is 0 Å². The lowest BCUT2D eigenvalue weighted by Gasteiger charge is -2.49. The number of halogens is 1. The third-order valence-corrected chi connectivity index (χ3v) is 11.5. The maximum atomic E-state index is 6.35. The third kappa shape index (κ3) is 3.30. The smallest absolute Gasteiger partial charge is 0.213 e. The van der Waals surface area contributed by atoms with Crippen LogP contribution < -0.4 is 0 Å². The maximum absolute atomic E-state index is 6.35. The highest BCUT2D eigenvalue weighted by Gasteiger charge is 2.54. The Labute approximate surface area is 105 Å². The molecule has 0 aliphatic rings. The molecule has 92 valence electrons. The lowest BCUT2D eigenvalue weighted by Crippen LogP contribution is -2.56. The van der Waals surface area contributed by atoms with Crippen molar-refractivity contribution in [3.8, 4) is 0 Å². The summed E-state index contributed by atoms with van der Waals surface area (Å²) in [5, 5.41) is 0.536. The topological polar surface area (TPSA) is 9.23 Å². The average molecular weight is 295 g/mol. The Balaban J connectivity index is 5.13. The summed E-state index contributed by atoms with van der Waals surface area (Å²) >= 11 is 3.71. The molecule has 0 aliphatic heterocycles. The molecule has 0 N–H and O–H groups in total. The first kappa shape index (κ1) is 15.7. The molecule has 0 aromatic heterocycles. The van der Waals surface area contributed by atoms with Gasteiger partial charge in [-0.1, -0.05) is 64.4 Å². The Morgan fingerprint density at radius 2 is 1.40 bits per heavy atom. The van der Waals surface area contributed by atoms with Gasteiger partial charge in [-0.05, 0) is 16.5 Å². The minimum absolute atomic E-state index is 0.268. The molecule has 0 radical (unpaired) electrons. The van der Waals surface area contributed by atoms with Gasteiger partial charge in [-0.3, -0.25) is 0 Å². The third-order valence-electron chi connectivity index (χ3n) is 3.16. The van der Waals surface area contributed by atoms with Gasteiger partial charge in [0.25, 0.3) is 0 Å². The van der Waals surface area contributed by atoms with Gasteiger partial charge in [0.05, 0.1) is 0 Å². The predicted molar refractivity (Wildman–Crippen MR) is 75.2 cm³/mol. The molecule has 0 aromatic rings. The van der Waals surface area contributed by atoms with Crippen LogP contribution in [0.5, 0.6) is 0 Å². The summed E-state index contributed by atoms with van der Waals surface area (Å²) in [6, 6.07) is 0. The monoisotopic (exact) mass is 294 g/mol. The van der Waals surface area contributed by atoms with Crippen LogP contribution in [0.3, 0.4) is 0 Å². The first-order valence-corrected chi connectivity index (χ1v) is 9.06. The normalized spacial score (nSPS) is 14.4. The molecule has 0 unspecified atom stereocenters. The second kappa shape index (κ2) is 5.33. The maximum Gasteiger partial charge on any atom is 0.213 e. The molecule has 0 fully saturated rings. The molecule has 0 spiro atoms. The van der Waals surface area contributed by atoms with Crippen molar-refractivity contribution in [2.24, 2.45) is 0 Å². The largest absolute Gasteiger partial charge is 0.415 e. The van der Waals surface area contributed by atoms with Crippen LogP contribution in [0.4, 0.5) is 0 Å². The van der Waals surface area contributed by atoms with Crippen LogP contribution in [0.2, 0.25) is 10.1 Å². The van der Waals surface area contributed by atoms with Crippen LogP contribution >= 0.6 is 15.9 Å². The summed E-state index contributed by atoms with van der Waals surface area (Å²) in [7, 11) is -1.78. The van der Waals surface area contributed by atoms with Crippen LogP contribution in [0.15, 0.2) is 0 Å². The summed E-state index contributed by atoms with van der Waals surface area (Å²) in [5.41, 5.74) is 0. The number of hydrogen-bond donors (Lipinski definition) is 0. The fourth-order valence-electron chi connectivity index (χ4n) is 2.27. The van der Waals surface area contributed by atoms with E-state index < -0.39 is 8.32 Å². The van der Waals surface area contributed by atoms with Crippen molar-refractivity contribution in [1.29, 1.82) is 0 Å². The Kier molecular flexibility index (Phi) is 5.56. The van der Waals surface area contributed by atoms with E-state index in [0.29, 0.717) is 0 Å². The molecule has 15 heavy (non-hydrogen) atoms. The lowest BCUT2D eigenvalue weighted by molar-refractivity contribution is 0.261. The van der Waals surface area contributed by atoms with Crippen LogP contribution in [-0.4, -0.2) is 19.9 Å². The van der Waals surface area contributed by atoms with E-state index in [-0.39, 0.29) is 10.1 Å². The van der Waals surface area contributed by atoms with Gasteiger partial charge in [-0.25, -0.2) is 0 Å². The van der Waals surface area contributed by atoms with Crippen LogP contribution in [0, 0.1) is 0 Å². The van der Waals surface area contributed by atoms with Crippen molar-refractivity contribution >= 4 is 24.2 Å². The first-order valence-electron chi connectivity index (χ1n) is 5.82. The van der Waals surface area contributed by atoms with Gasteiger partial charge < -0.3 is 4.43 Å². The van der Waals surface area contributed by atoms with Crippen molar-refractivity contribution in [3.05, 3.63) is 0 Å². The van der Waals surface area contributed by atoms with Gasteiger partial charge in [0.2, 0.25) is 8.32 Å². The molecule has 0 aliphatic carbocycles. The Morgan fingerprint density at radius 1 is 1.00 bits per heavy atom. The summed E-state index contributed by atoms with van der Waals surface area (Å²) in [6.07, 6.45) is 1.11. The molecule has 0 aromatic carbocycles. The molecule has 3 heteroatoms. The van der Waals surface area contributed by atoms with E-state index in [1.807, 2.05) is 0 Å². The van der Waals surface area contributed by atoms with E-state index in [1.165, 1.54) is 0 Å². The second-order valence-electron chi connectivity index (χ2n) is 6.31. The summed E-state index contributed by atoms with van der Waals surface area (Å²) in [6.45, 7) is 17.0. The van der Waals surface area contributed by atoms with Crippen molar-refractivity contribution < 1.29 is 4.43 Å². The van der Waals surface area contributed by atoms with E-state index >= 15 is 0 Å². The van der Waals surface area contributed by atoms with E-state index in [4.69, 9.17) is 4.43 Å². The summed E-state index contributed by atoms with van der Waals surface area (Å²) < 4.78 is 6.35. The van der Waals surface area contributed by atoms with Gasteiger partial charge in [-0.2, -0.15) is 0 Å². The van der Waals surface area contributed by atoms with E-state index in [2.05, 4.69) is 64.4 Å². The Bertz CT molecular complexity index is 177. The van der Waals surface area contributed by atoms with Crippen molar-refractivity contribution in [1.82, 2.24) is 0 Å². The second-order valence-corrected chi connectivity index (χ2v) is 13.2. The van der Waals surface area contributed by atoms with Gasteiger partial charge in [-0.15, -0.1) is 0 Å². The van der Waals surface area contributed by atoms with Gasteiger partial charge in [0.1, 0.15) is 0 Å². The highest BCUT2D eigenvalue weighted by Crippen LogP contribution is 2.52. The van der Waals surface area contributed by atoms with E-state index in [0.717, 1.165) is 18.0 Å². The summed E-state index contributed by atoms with van der Waals surface area (Å²) in [5.74, 6) is 0. The molecule has 0 rings (SSSR count). The number of hydrogen-bond acceptors (Lipinski definition) is 1. The molecular weight excluding hydrogens is 268 g/mol. The molecular formula is C12H27BrOSi. The van der Waals surface area contributed by atoms with Crippen LogP contribution in [-0.2, 0) is 4.43 Å². The first-order chi connectivity index (χ1) is 6.62. The quantitative estimate of drug-likeness (QED) is 0.530. The fraction of sp³-hybridized carbons (Fsp3) is 1.00. The number of alkyl halides is 1. The van der Waals surface area contributed by atoms with Crippen molar-refractivity contribution in [2.45, 2.75) is 65.0 Å². The van der Waals surface area contributed by atoms with E-state index in [9.17, 15) is 0 Å². The molecule has 0 heterocycles. The standard InChI is InChI=1S/C12H27BrOSi/c1-8-9-14-15(10-13,11(2,3)4)12(5,6)7/h8-10H2,1-7H3. The molecule has 1 nitrogen and oxygen atoms in total. The minimum Gasteiger partial charge on any atom is -0.415 e. The van der Waals surface area contributed by atoms with Crippen molar-refractivity contribution in [2.75, 3.05) is 11.6 Å². The zero-order valence-electron chi connectivity index (χ0n) is 11.4. The fourth-order valence-corrected chi connectivity index (χ4v) is 12.4. The molecule has 0 saturated carbocycles. The molecule has 0 atom stereocenters. The molecule has 0 saturated heterocycles. The minimum atomic E-state index is -1.78. The van der Waals surface area contributed by atoms with Crippen LogP contribution in [0.25, 0.3) is 0 Å². The van der Waals surface area contributed by atoms with E-state index in [1.54, 1.807) is 0 Å². The van der Waals surface area contributed by atoms with Gasteiger partial charge >= 0.3 is 0 Å². The van der Waals surface area contributed by atoms with Crippen molar-refractivity contribution in [3.63, 3.8) is 0 Å². The lowest BCUT2D eigenvalue weighted by atomic mass is 10.2. The average Bonchev–Trinajstić information content (AvgIpc) is 2.01. The predicted octanol–water partition coefficient (Wildman–Crippen LogP) is 4.89. The SMILES string of the molecule is CCCO[Si](CBr)(C(C)(C)C)C(C)(C)C.